The van der Waals surface area contributed by atoms with E-state index in [9.17, 15) is 0 Å². The van der Waals surface area contributed by atoms with Gasteiger partial charge in [-0.3, -0.25) is 0 Å². The van der Waals surface area contributed by atoms with Gasteiger partial charge in [-0.2, -0.15) is 0 Å². The van der Waals surface area contributed by atoms with Crippen molar-refractivity contribution in [3.05, 3.63) is 34.0 Å². The van der Waals surface area contributed by atoms with E-state index in [1.165, 1.54) is 77.3 Å². The van der Waals surface area contributed by atoms with Gasteiger partial charge >= 0.3 is 0 Å². The molecule has 1 aliphatic carbocycles. The van der Waals surface area contributed by atoms with Crippen LogP contribution in [-0.4, -0.2) is 64.3 Å². The zero-order valence-corrected chi connectivity index (χ0v) is 22.6. The molecule has 3 rings (SSSR count). The van der Waals surface area contributed by atoms with E-state index in [0.717, 1.165) is 8.97 Å². The third-order valence-corrected chi connectivity index (χ3v) is 8.93. The van der Waals surface area contributed by atoms with Crippen LogP contribution in [0.3, 0.4) is 0 Å². The average molecular weight is 463 g/mol. The second-order valence-corrected chi connectivity index (χ2v) is 13.6. The zero-order chi connectivity index (χ0) is 22.5. The zero-order valence-electron chi connectivity index (χ0n) is 21.0. The first-order chi connectivity index (χ1) is 14.6. The molecule has 1 aliphatic rings. The molecule has 2 aromatic rings. The molecule has 0 saturated heterocycles. The lowest BCUT2D eigenvalue weighted by molar-refractivity contribution is -0.870. The van der Waals surface area contributed by atoms with Crippen LogP contribution in [0, 0.1) is 0 Å². The highest BCUT2D eigenvalue weighted by molar-refractivity contribution is 7.21. The number of fused-ring (bicyclic) bond motifs is 3. The molecule has 0 fully saturated rings. The van der Waals surface area contributed by atoms with Crippen molar-refractivity contribution >= 4 is 22.7 Å². The second kappa shape index (κ2) is 10.5. The highest BCUT2D eigenvalue weighted by atomic mass is 32.1. The van der Waals surface area contributed by atoms with E-state index < -0.39 is 0 Å². The van der Waals surface area contributed by atoms with Crippen molar-refractivity contribution < 1.29 is 8.97 Å². The minimum absolute atomic E-state index is 0.296. The Hall–Kier alpha value is -0.680. The summed E-state index contributed by atoms with van der Waals surface area (Å²) in [5.41, 5.74) is 3.62. The molecule has 0 radical (unpaired) electrons. The largest absolute Gasteiger partial charge is 0.331 e. The van der Waals surface area contributed by atoms with Gasteiger partial charge in [0.25, 0.3) is 0 Å². The summed E-state index contributed by atoms with van der Waals surface area (Å²) in [5.74, 6) is 0. The van der Waals surface area contributed by atoms with Crippen LogP contribution in [0.5, 0.6) is 0 Å². The van der Waals surface area contributed by atoms with Crippen molar-refractivity contribution in [3.8, 4) is 9.75 Å². The quantitative estimate of drug-likeness (QED) is 0.203. The van der Waals surface area contributed by atoms with E-state index in [1.54, 1.807) is 20.9 Å². The summed E-state index contributed by atoms with van der Waals surface area (Å²) in [6, 6.07) is 4.92. The second-order valence-electron chi connectivity index (χ2n) is 11.8. The number of hydrogen-bond donors (Lipinski definition) is 0. The Morgan fingerprint density at radius 3 is 1.35 bits per heavy atom. The van der Waals surface area contributed by atoms with Gasteiger partial charge in [-0.25, -0.2) is 0 Å². The van der Waals surface area contributed by atoms with Gasteiger partial charge in [-0.15, -0.1) is 22.7 Å². The Morgan fingerprint density at radius 1 is 0.581 bits per heavy atom. The van der Waals surface area contributed by atoms with Gasteiger partial charge in [0.05, 0.1) is 55.4 Å². The monoisotopic (exact) mass is 462 g/mol. The van der Waals surface area contributed by atoms with Crippen LogP contribution in [0.2, 0.25) is 0 Å². The Kier molecular flexibility index (Phi) is 8.45. The first-order valence-corrected chi connectivity index (χ1v) is 14.2. The summed E-state index contributed by atoms with van der Waals surface area (Å²) in [5, 5.41) is 4.68. The van der Waals surface area contributed by atoms with Crippen LogP contribution in [-0.2, 0) is 5.41 Å². The minimum Gasteiger partial charge on any atom is -0.331 e. The Bertz CT molecular complexity index is 736. The number of rotatable bonds is 14. The highest BCUT2D eigenvalue weighted by Crippen LogP contribution is 2.57. The Balaban J connectivity index is 1.59. The molecule has 31 heavy (non-hydrogen) atoms. The predicted octanol–water partition coefficient (Wildman–Crippen LogP) is 7.39. The molecule has 0 N–H and O–H groups in total. The summed E-state index contributed by atoms with van der Waals surface area (Å²) in [4.78, 5) is 3.17. The smallest absolute Gasteiger partial charge is 0.0780 e. The molecule has 174 valence electrons. The maximum Gasteiger partial charge on any atom is 0.0780 e. The summed E-state index contributed by atoms with van der Waals surface area (Å²) < 4.78 is 2.18. The molecule has 0 unspecified atom stereocenters. The van der Waals surface area contributed by atoms with Crippen LogP contribution in [0.4, 0.5) is 0 Å². The molecule has 0 spiro atoms. The molecule has 2 nitrogen and oxygen atoms in total. The molecule has 2 aromatic heterocycles. The minimum atomic E-state index is 0.296. The van der Waals surface area contributed by atoms with Crippen molar-refractivity contribution in [3.63, 3.8) is 0 Å². The predicted molar refractivity (Wildman–Crippen MR) is 140 cm³/mol. The molecule has 2 heterocycles. The first-order valence-electron chi connectivity index (χ1n) is 12.4. The van der Waals surface area contributed by atoms with Gasteiger partial charge in [0.1, 0.15) is 0 Å². The number of nitrogens with zero attached hydrogens (tertiary/aromatic N) is 2. The Labute approximate surface area is 200 Å². The normalized spacial score (nSPS) is 15.3. The molecular weight excluding hydrogens is 416 g/mol. The molecule has 0 atom stereocenters. The molecule has 0 amide bonds. The summed E-state index contributed by atoms with van der Waals surface area (Å²) in [6.45, 7) is 2.59. The van der Waals surface area contributed by atoms with Gasteiger partial charge in [0.15, 0.2) is 0 Å². The van der Waals surface area contributed by atoms with E-state index in [2.05, 4.69) is 65.2 Å². The van der Waals surface area contributed by atoms with Gasteiger partial charge in [0, 0.05) is 15.2 Å². The number of hydrogen-bond acceptors (Lipinski definition) is 2. The van der Waals surface area contributed by atoms with Crippen molar-refractivity contribution in [2.45, 2.75) is 69.6 Å². The fourth-order valence-corrected chi connectivity index (χ4v) is 7.45. The highest BCUT2D eigenvalue weighted by Gasteiger charge is 2.43. The van der Waals surface area contributed by atoms with E-state index in [1.807, 2.05) is 22.7 Å². The van der Waals surface area contributed by atoms with Gasteiger partial charge < -0.3 is 8.97 Å². The SMILES string of the molecule is C[N+](C)(C)CCCCCCC1(CCCCCC[N+](C)(C)C)c2ccsc2-c2sccc21. The topological polar surface area (TPSA) is 0 Å². The standard InChI is InChI=1S/C27H46N2S2/c1-28(2,3)19-13-9-7-11-17-27(18-12-8-10-14-20-29(4,5)6)23-15-21-30-25(23)26-24(27)16-22-31-26/h15-16,21-22H,7-14,17-20H2,1-6H3/q+2. The summed E-state index contributed by atoms with van der Waals surface area (Å²) in [6.07, 6.45) is 13.6. The van der Waals surface area contributed by atoms with E-state index in [-0.39, 0.29) is 0 Å². The lowest BCUT2D eigenvalue weighted by atomic mass is 9.71. The molecule has 0 saturated carbocycles. The summed E-state index contributed by atoms with van der Waals surface area (Å²) >= 11 is 3.94. The van der Waals surface area contributed by atoms with E-state index >= 15 is 0 Å². The Morgan fingerprint density at radius 2 is 0.968 bits per heavy atom. The first kappa shape index (κ1) is 25.0. The van der Waals surface area contributed by atoms with Crippen LogP contribution < -0.4 is 0 Å². The maximum atomic E-state index is 2.46. The van der Waals surface area contributed by atoms with Crippen molar-refractivity contribution in [2.24, 2.45) is 0 Å². The average Bonchev–Trinajstić information content (AvgIpc) is 3.36. The van der Waals surface area contributed by atoms with Crippen LogP contribution in [0.15, 0.2) is 22.9 Å². The molecular formula is C27H46N2S2+2. The van der Waals surface area contributed by atoms with Gasteiger partial charge in [-0.1, -0.05) is 25.7 Å². The van der Waals surface area contributed by atoms with Crippen LogP contribution in [0.1, 0.15) is 75.3 Å². The summed E-state index contributed by atoms with van der Waals surface area (Å²) in [7, 11) is 13.9. The molecule has 0 aliphatic heterocycles. The number of thiophene rings is 2. The van der Waals surface area contributed by atoms with Crippen molar-refractivity contribution in [1.82, 2.24) is 0 Å². The maximum absolute atomic E-state index is 2.46. The van der Waals surface area contributed by atoms with Gasteiger partial charge in [0.2, 0.25) is 0 Å². The third kappa shape index (κ3) is 6.66. The van der Waals surface area contributed by atoms with E-state index in [0.29, 0.717) is 5.41 Å². The fraction of sp³-hybridized carbons (Fsp3) is 0.704. The van der Waals surface area contributed by atoms with Crippen LogP contribution >= 0.6 is 22.7 Å². The van der Waals surface area contributed by atoms with Crippen molar-refractivity contribution in [2.75, 3.05) is 55.4 Å². The molecule has 4 heteroatoms. The van der Waals surface area contributed by atoms with Gasteiger partial charge in [-0.05, 0) is 72.5 Å². The number of unbranched alkanes of at least 4 members (excludes halogenated alkanes) is 6. The lowest BCUT2D eigenvalue weighted by Crippen LogP contribution is -2.35. The molecule has 0 bridgehead atoms. The van der Waals surface area contributed by atoms with Crippen molar-refractivity contribution in [1.29, 1.82) is 0 Å². The molecule has 0 aromatic carbocycles. The van der Waals surface area contributed by atoms with Crippen LogP contribution in [0.25, 0.3) is 9.75 Å². The lowest BCUT2D eigenvalue weighted by Gasteiger charge is -2.31. The fourth-order valence-electron chi connectivity index (χ4n) is 5.27. The number of quaternary nitrogens is 2. The third-order valence-electron chi connectivity index (χ3n) is 6.93. The van der Waals surface area contributed by atoms with E-state index in [4.69, 9.17) is 0 Å².